The number of aliphatic imine (C=N–C) groups is 1. The summed E-state index contributed by atoms with van der Waals surface area (Å²) >= 11 is 0. The van der Waals surface area contributed by atoms with Crippen LogP contribution in [0, 0.1) is 5.92 Å². The fourth-order valence-corrected chi connectivity index (χ4v) is 2.83. The molecule has 8 heteroatoms. The van der Waals surface area contributed by atoms with Crippen molar-refractivity contribution in [3.8, 4) is 0 Å². The first-order chi connectivity index (χ1) is 11.8. The second kappa shape index (κ2) is 5.97. The van der Waals surface area contributed by atoms with Gasteiger partial charge in [-0.3, -0.25) is 14.6 Å². The number of fused-ring (bicyclic) bond motifs is 1. The Hall–Kier alpha value is -3.29. The summed E-state index contributed by atoms with van der Waals surface area (Å²) in [6.07, 6.45) is 1.71. The number of nitrogens with two attached hydrogens (primary N) is 1. The molecule has 1 saturated heterocycles. The van der Waals surface area contributed by atoms with Crippen molar-refractivity contribution in [2.75, 3.05) is 14.1 Å². The SMILES string of the molecule is CC1=C[NH+]=C2C(C(=O)N(C)C(=O)N2C)C1=Nc1ccc(C(N)=O)cc1. The van der Waals surface area contributed by atoms with Gasteiger partial charge in [0.25, 0.3) is 11.7 Å². The summed E-state index contributed by atoms with van der Waals surface area (Å²) in [7, 11) is 3.05. The molecule has 1 unspecified atom stereocenters. The van der Waals surface area contributed by atoms with E-state index in [4.69, 9.17) is 5.73 Å². The van der Waals surface area contributed by atoms with Gasteiger partial charge in [0.1, 0.15) is 0 Å². The maximum atomic E-state index is 12.7. The highest BCUT2D eigenvalue weighted by molar-refractivity contribution is 6.31. The first kappa shape index (κ1) is 16.6. The molecule has 0 radical (unpaired) electrons. The van der Waals surface area contributed by atoms with Crippen LogP contribution in [-0.2, 0) is 4.79 Å². The zero-order valence-electron chi connectivity index (χ0n) is 14.1. The number of allylic oxidation sites excluding steroid dienone is 1. The second-order valence-electron chi connectivity index (χ2n) is 5.94. The number of primary amides is 1. The van der Waals surface area contributed by atoms with E-state index in [1.165, 1.54) is 11.9 Å². The Bertz CT molecular complexity index is 867. The van der Waals surface area contributed by atoms with Crippen molar-refractivity contribution in [3.63, 3.8) is 0 Å². The smallest absolute Gasteiger partial charge is 0.366 e. The van der Waals surface area contributed by atoms with Crippen molar-refractivity contribution in [3.05, 3.63) is 41.6 Å². The fourth-order valence-electron chi connectivity index (χ4n) is 2.83. The minimum atomic E-state index is -0.687. The number of nitrogens with one attached hydrogen (secondary N) is 1. The van der Waals surface area contributed by atoms with Crippen LogP contribution in [0.25, 0.3) is 0 Å². The number of hydrogen-bond acceptors (Lipinski definition) is 4. The van der Waals surface area contributed by atoms with E-state index < -0.39 is 17.9 Å². The molecular weight excluding hydrogens is 322 g/mol. The molecule has 1 aromatic rings. The van der Waals surface area contributed by atoms with Crippen molar-refractivity contribution in [2.24, 2.45) is 16.6 Å². The van der Waals surface area contributed by atoms with Crippen LogP contribution in [0.5, 0.6) is 0 Å². The van der Waals surface area contributed by atoms with Crippen LogP contribution in [0.3, 0.4) is 0 Å². The summed E-state index contributed by atoms with van der Waals surface area (Å²) < 4.78 is 0. The Kier molecular flexibility index (Phi) is 3.96. The van der Waals surface area contributed by atoms with Gasteiger partial charge in [-0.25, -0.2) is 14.7 Å². The molecule has 128 valence electrons. The monoisotopic (exact) mass is 340 g/mol. The van der Waals surface area contributed by atoms with E-state index >= 15 is 0 Å². The lowest BCUT2D eigenvalue weighted by molar-refractivity contribution is -0.383. The van der Waals surface area contributed by atoms with E-state index in [2.05, 4.69) is 9.98 Å². The van der Waals surface area contributed by atoms with E-state index in [9.17, 15) is 14.4 Å². The van der Waals surface area contributed by atoms with E-state index in [0.717, 1.165) is 10.5 Å². The maximum Gasteiger partial charge on any atom is 0.417 e. The van der Waals surface area contributed by atoms with Gasteiger partial charge in [-0.2, -0.15) is 4.90 Å². The number of imide groups is 1. The van der Waals surface area contributed by atoms with Gasteiger partial charge in [0.05, 0.1) is 24.6 Å². The Morgan fingerprint density at radius 2 is 1.80 bits per heavy atom. The average molecular weight is 340 g/mol. The molecule has 25 heavy (non-hydrogen) atoms. The molecule has 0 spiro atoms. The highest BCUT2D eigenvalue weighted by atomic mass is 16.2. The standard InChI is InChI=1S/C17H17N5O3/c1-9-8-19-15-12(16(24)22(3)17(25)21(15)2)13(9)20-11-6-4-10(5-7-11)14(18)23/h4-8,12H,1-3H3,(H2,18,23)/p+1. The molecule has 2 aliphatic rings. The predicted octanol–water partition coefficient (Wildman–Crippen LogP) is -0.605. The molecule has 8 nitrogen and oxygen atoms in total. The number of rotatable bonds is 2. The molecule has 0 bridgehead atoms. The van der Waals surface area contributed by atoms with Gasteiger partial charge in [0.15, 0.2) is 5.92 Å². The van der Waals surface area contributed by atoms with Crippen molar-refractivity contribution in [1.29, 1.82) is 0 Å². The van der Waals surface area contributed by atoms with E-state index in [1.807, 2.05) is 6.92 Å². The normalized spacial score (nSPS) is 21.9. The van der Waals surface area contributed by atoms with Crippen molar-refractivity contribution in [2.45, 2.75) is 6.92 Å². The zero-order chi connectivity index (χ0) is 18.3. The van der Waals surface area contributed by atoms with Gasteiger partial charge < -0.3 is 5.73 Å². The molecule has 0 aromatic heterocycles. The number of carbonyl (C=O) groups excluding carboxylic acids is 3. The Morgan fingerprint density at radius 3 is 2.40 bits per heavy atom. The number of carbonyl (C=O) groups is 3. The fraction of sp³-hybridized carbons (Fsp3) is 0.235. The lowest BCUT2D eigenvalue weighted by atomic mass is 9.91. The van der Waals surface area contributed by atoms with E-state index in [1.54, 1.807) is 37.5 Å². The Balaban J connectivity index is 2.04. The third-order valence-electron chi connectivity index (χ3n) is 4.30. The molecule has 2 aliphatic heterocycles. The molecule has 1 aromatic carbocycles. The lowest BCUT2D eigenvalue weighted by Gasteiger charge is -2.32. The molecular formula is C17H18N5O3+. The molecule has 0 saturated carbocycles. The Labute approximate surface area is 144 Å². The summed E-state index contributed by atoms with van der Waals surface area (Å²) in [5, 5.41) is 0. The zero-order valence-corrected chi connectivity index (χ0v) is 14.1. The third kappa shape index (κ3) is 2.71. The van der Waals surface area contributed by atoms with Crippen LogP contribution in [-0.4, -0.2) is 53.3 Å². The van der Waals surface area contributed by atoms with Crippen molar-refractivity contribution in [1.82, 2.24) is 9.80 Å². The number of amidine groups is 1. The molecule has 1 atom stereocenters. The number of amides is 4. The van der Waals surface area contributed by atoms with Gasteiger partial charge >= 0.3 is 6.03 Å². The summed E-state index contributed by atoms with van der Waals surface area (Å²) in [4.78, 5) is 46.0. The molecule has 0 aliphatic carbocycles. The number of benzene rings is 1. The summed E-state index contributed by atoms with van der Waals surface area (Å²) in [5.74, 6) is -1.07. The predicted molar refractivity (Wildman–Crippen MR) is 91.2 cm³/mol. The molecule has 2 heterocycles. The van der Waals surface area contributed by atoms with Crippen molar-refractivity contribution >= 4 is 35.1 Å². The Morgan fingerprint density at radius 1 is 1.16 bits per heavy atom. The molecule has 1 fully saturated rings. The quantitative estimate of drug-likeness (QED) is 0.749. The summed E-state index contributed by atoms with van der Waals surface area (Å²) in [6.45, 7) is 1.84. The van der Waals surface area contributed by atoms with Crippen LogP contribution < -0.4 is 10.7 Å². The highest BCUT2D eigenvalue weighted by Gasteiger charge is 2.50. The van der Waals surface area contributed by atoms with Crippen molar-refractivity contribution < 1.29 is 19.4 Å². The minimum Gasteiger partial charge on any atom is -0.366 e. The van der Waals surface area contributed by atoms with Gasteiger partial charge in [0.2, 0.25) is 5.91 Å². The molecule has 4 amide bonds. The van der Waals surface area contributed by atoms with Crippen LogP contribution in [0.2, 0.25) is 0 Å². The number of urea groups is 1. The van der Waals surface area contributed by atoms with Crippen LogP contribution in [0.4, 0.5) is 10.5 Å². The van der Waals surface area contributed by atoms with E-state index in [-0.39, 0.29) is 5.91 Å². The van der Waals surface area contributed by atoms with Gasteiger partial charge in [0, 0.05) is 18.2 Å². The topological polar surface area (TPSA) is 110 Å². The van der Waals surface area contributed by atoms with Crippen LogP contribution >= 0.6 is 0 Å². The largest absolute Gasteiger partial charge is 0.417 e. The van der Waals surface area contributed by atoms with Crippen LogP contribution in [0.1, 0.15) is 17.3 Å². The number of nitrogens with zero attached hydrogens (tertiary/aromatic N) is 3. The number of hydrogen-bond donors (Lipinski definition) is 2. The first-order valence-electron chi connectivity index (χ1n) is 7.65. The molecule has 3 rings (SSSR count). The van der Waals surface area contributed by atoms with Gasteiger partial charge in [-0.1, -0.05) is 0 Å². The van der Waals surface area contributed by atoms with E-state index in [0.29, 0.717) is 22.8 Å². The summed E-state index contributed by atoms with van der Waals surface area (Å²) in [5.41, 5.74) is 7.55. The van der Waals surface area contributed by atoms with Gasteiger partial charge in [-0.05, 0) is 31.2 Å². The van der Waals surface area contributed by atoms with Gasteiger partial charge in [-0.15, -0.1) is 0 Å². The first-order valence-corrected chi connectivity index (χ1v) is 7.65. The minimum absolute atomic E-state index is 0.342. The lowest BCUT2D eigenvalue weighted by Crippen LogP contribution is -2.80. The maximum absolute atomic E-state index is 12.7. The second-order valence-corrected chi connectivity index (χ2v) is 5.94. The van der Waals surface area contributed by atoms with Crippen LogP contribution in [0.15, 0.2) is 41.0 Å². The summed E-state index contributed by atoms with van der Waals surface area (Å²) in [6, 6.07) is 6.08. The third-order valence-corrected chi connectivity index (χ3v) is 4.30. The molecule has 3 N–H and O–H groups in total. The average Bonchev–Trinajstić information content (AvgIpc) is 2.60. The highest BCUT2D eigenvalue weighted by Crippen LogP contribution is 2.24.